The third-order valence-electron chi connectivity index (χ3n) is 24.5. The fourth-order valence-electron chi connectivity index (χ4n) is 15.2. The molecule has 11 aromatic heterocycles. The smallest absolute Gasteiger partial charge is 0.332 e. The van der Waals surface area contributed by atoms with Crippen molar-refractivity contribution in [2.75, 3.05) is 23.9 Å². The predicted molar refractivity (Wildman–Crippen MR) is 631 cm³/mol. The Bertz CT molecular complexity index is 7010. The van der Waals surface area contributed by atoms with Crippen LogP contribution in [-0.2, 0) is 14.1 Å². The summed E-state index contributed by atoms with van der Waals surface area (Å²) in [4.78, 5) is 37.8. The summed E-state index contributed by atoms with van der Waals surface area (Å²) in [5.41, 5.74) is 13.3. The number of rotatable bonds is 32. The molecule has 0 aliphatic heterocycles. The third-order valence-corrected chi connectivity index (χ3v) is 46.9. The number of carbonyl (C=O) groups is 1. The number of unbranched alkanes of at least 4 members (excludes halogenated alkanes) is 3. The number of fused-ring (bicyclic) bond motifs is 5. The van der Waals surface area contributed by atoms with Crippen molar-refractivity contribution in [2.24, 2.45) is 0 Å². The summed E-state index contributed by atoms with van der Waals surface area (Å²) in [7, 11) is 1.59. The van der Waals surface area contributed by atoms with Crippen LogP contribution in [0.15, 0.2) is 208 Å². The molecule has 32 heteroatoms. The van der Waals surface area contributed by atoms with Crippen LogP contribution in [0, 0.1) is 29.1 Å². The monoisotopic (exact) mass is 2440 g/mol. The molecule has 0 aliphatic carbocycles. The number of nitrogens with zero attached hydrogens (tertiary/aromatic N) is 6. The van der Waals surface area contributed by atoms with Crippen molar-refractivity contribution in [3.05, 3.63) is 312 Å². The van der Waals surface area contributed by atoms with E-state index >= 15 is 0 Å². The van der Waals surface area contributed by atoms with Crippen molar-refractivity contribution < 1.29 is 51.1 Å². The summed E-state index contributed by atoms with van der Waals surface area (Å²) in [5, 5.41) is 37.3. The van der Waals surface area contributed by atoms with Crippen molar-refractivity contribution in [3.8, 4) is 45.0 Å². The first-order valence-electron chi connectivity index (χ1n) is 48.8. The van der Waals surface area contributed by atoms with Gasteiger partial charge in [-0.15, -0.1) is 56.7 Å². The van der Waals surface area contributed by atoms with Crippen LogP contribution in [-0.4, -0.2) is 107 Å². The number of aliphatic hydroxyl groups excluding tert-OH is 1. The van der Waals surface area contributed by atoms with Gasteiger partial charge in [0.15, 0.2) is 5.78 Å². The number of carbonyl (C=O) groups excluding carboxylic acids is 1. The van der Waals surface area contributed by atoms with E-state index in [1.807, 2.05) is 133 Å². The molecule has 147 heavy (non-hydrogen) atoms. The topological polar surface area (TPSA) is 163 Å². The maximum atomic E-state index is 14.0. The van der Waals surface area contributed by atoms with E-state index in [2.05, 4.69) is 173 Å². The average Bonchev–Trinajstić information content (AvgIpc) is 1.65. The number of hydrogen-bond acceptors (Lipinski definition) is 17. The zero-order chi connectivity index (χ0) is 108. The van der Waals surface area contributed by atoms with Crippen molar-refractivity contribution in [1.29, 1.82) is 0 Å². The van der Waals surface area contributed by atoms with E-state index < -0.39 is 35.7 Å². The normalized spacial score (nSPS) is 11.7. The summed E-state index contributed by atoms with van der Waals surface area (Å²) in [6, 6.07) is 47.9. The van der Waals surface area contributed by atoms with Gasteiger partial charge >= 0.3 is 127 Å². The maximum absolute atomic E-state index is 14.0. The number of ketones is 1. The van der Waals surface area contributed by atoms with Gasteiger partial charge in [0.25, 0.3) is 0 Å². The van der Waals surface area contributed by atoms with Crippen LogP contribution in [0.4, 0.5) is 22.0 Å². The molecular weight excluding hydrogens is 2320 g/mol. The molecule has 2 N–H and O–H groups in total. The molecule has 11 heterocycles. The number of Topliss-reactive ketones (excluding diaryl/α,β-unsaturated/α-hetero) is 1. The minimum Gasteiger partial charge on any atom is -0.427 e. The fraction of sp³-hybridized carbons (Fsp3) is 0.348. The van der Waals surface area contributed by atoms with E-state index in [0.717, 1.165) is 118 Å². The zero-order valence-electron chi connectivity index (χ0n) is 86.3. The Labute approximate surface area is 934 Å². The average molecular weight is 2450 g/mol. The van der Waals surface area contributed by atoms with Crippen LogP contribution in [0.3, 0.4) is 0 Å². The number of alkyl halides is 2. The molecule has 0 bridgehead atoms. The van der Waals surface area contributed by atoms with Gasteiger partial charge in [0.05, 0.1) is 75.1 Å². The molecule has 1 unspecified atom stereocenters. The number of pyridine rings is 6. The van der Waals surface area contributed by atoms with Crippen molar-refractivity contribution in [2.45, 2.75) is 230 Å². The number of ether oxygens (including phenoxy) is 2. The molecule has 0 amide bonds. The van der Waals surface area contributed by atoms with Gasteiger partial charge in [-0.2, -0.15) is 0 Å². The van der Waals surface area contributed by atoms with E-state index in [4.69, 9.17) is 88.7 Å². The molecule has 16 rings (SSSR count). The van der Waals surface area contributed by atoms with Crippen LogP contribution >= 0.6 is 158 Å². The molecule has 0 saturated carbocycles. The second kappa shape index (κ2) is 58.6. The van der Waals surface area contributed by atoms with Crippen LogP contribution in [0.25, 0.3) is 101 Å². The summed E-state index contributed by atoms with van der Waals surface area (Å²) >= 11 is 45.1. The van der Waals surface area contributed by atoms with Crippen molar-refractivity contribution >= 4 is 251 Å². The van der Waals surface area contributed by atoms with Crippen LogP contribution < -0.4 is 5.46 Å². The summed E-state index contributed by atoms with van der Waals surface area (Å²) in [6.45, 7) is 48.7. The Balaban J connectivity index is 0.000000189. The van der Waals surface area contributed by atoms with E-state index in [9.17, 15) is 37.0 Å². The molecule has 5 aromatic carbocycles. The maximum Gasteiger partial charge on any atom is 0.332 e. The van der Waals surface area contributed by atoms with Crippen molar-refractivity contribution in [1.82, 2.24) is 29.9 Å². The number of hydrogen-bond donors (Lipinski definition) is 2. The minimum atomic E-state index is -2.24. The molecule has 0 spiro atoms. The molecule has 0 saturated heterocycles. The Kier molecular flexibility index (Phi) is 49.1. The number of aliphatic hydroxyl groups is 2. The molecule has 781 valence electrons. The predicted octanol–water partition coefficient (Wildman–Crippen LogP) is 38.9. The van der Waals surface area contributed by atoms with E-state index in [1.165, 1.54) is 155 Å². The van der Waals surface area contributed by atoms with Gasteiger partial charge in [-0.05, 0) is 211 Å². The Morgan fingerprint density at radius 2 is 0.735 bits per heavy atom. The fourth-order valence-corrected chi connectivity index (χ4v) is 36.7. The quantitative estimate of drug-likeness (QED) is 0.0103. The molecule has 1 radical (unpaired) electrons. The molecule has 1 atom stereocenters. The van der Waals surface area contributed by atoms with Gasteiger partial charge in [0, 0.05) is 75.7 Å². The minimum absolute atomic E-state index is 0.0561. The Morgan fingerprint density at radius 3 is 1.08 bits per heavy atom. The standard InChI is InChI=1S/C20H20FNOS.C18H17BrFNOS.C18H15BrFNOS.C16H13ClFNS.C14H17BFO2S.C8H9Cl2N.C5H2Cl3N.C4H7O.3C4H9.Sn/c1-5-23-13(4)18-9-14(12(2)3)10-19(22-18)16-11-24-20-15(16)7-6-8-17(20)21;2*1-10(2)11-6-15(21-16(7-11)17(22)8-19)13-9-23-18-12(13)4-3-5-14(18)20;1-9(2)10-6-14(19-15(17)7-10)12-8-20-16-11(12)4-3-5-13(16)18;1-13(2,17)14(3,4)18-15-10-8-19-12-9(10)6-5-7-11(12)16;1-5(2)6-3-7(9)11-8(10)4-6;6-3-1-4(7)9-5(8)2-3;1-3-5-4-2;3*1-3-4-2;/h6-12H,4-5H2,1-3H3;3-7,9-10,17,22H,8H2,1-2H3;3-7,9-10H,8H2,1-2H3;3-9H,1-2H3;5-8,17H,1-4H3;3-5H,1-2H3;1-2H;1,4H2,2H3;3*1,3-4H2,2H3;. The first kappa shape index (κ1) is 123. The summed E-state index contributed by atoms with van der Waals surface area (Å²) in [5.74, 6) is 1.23. The Hall–Kier alpha value is -7.36. The summed E-state index contributed by atoms with van der Waals surface area (Å²) in [6.07, 6.45) is 7.44. The third kappa shape index (κ3) is 34.6. The molecule has 0 aliphatic rings. The van der Waals surface area contributed by atoms with E-state index in [0.29, 0.717) is 107 Å². The van der Waals surface area contributed by atoms with Gasteiger partial charge in [0.2, 0.25) is 0 Å². The van der Waals surface area contributed by atoms with E-state index in [1.54, 1.807) is 51.7 Å². The SMILES string of the molecule is C=C(OCC)c1cc(C(C)C)cc(-c2csc3c(F)cccc23)n1.C=[C](OCC)[Sn]([CH2]CCC)([CH2]CCC)[CH2]CCC.CC(C)(O)C(C)(C)O[B]c1csc2c(F)cccc12.CC(C)c1cc(-c2csc3c(F)cccc23)nc(C(O)CBr)c1.CC(C)c1cc(C(=O)CBr)nc(-c2csc3c(F)cccc23)c1.CC(C)c1cc(Cl)nc(-c2csc3c(F)cccc23)c1.CC(C)c1cc(Cl)nc(Cl)c1.Clc1cc(Cl)nc(Cl)c1. The molecule has 12 nitrogen and oxygen atoms in total. The number of aromatic nitrogens is 6. The Morgan fingerprint density at radius 1 is 0.422 bits per heavy atom. The van der Waals surface area contributed by atoms with Gasteiger partial charge in [-0.3, -0.25) is 4.79 Å². The van der Waals surface area contributed by atoms with Gasteiger partial charge in [-0.1, -0.05) is 238 Å². The summed E-state index contributed by atoms with van der Waals surface area (Å²) < 4.78 is 95.2. The number of halogens is 13. The molecule has 16 aromatic rings. The van der Waals surface area contributed by atoms with Crippen LogP contribution in [0.2, 0.25) is 44.1 Å². The van der Waals surface area contributed by atoms with Crippen LogP contribution in [0.1, 0.15) is 255 Å². The largest absolute Gasteiger partial charge is 0.427 e. The first-order valence-corrected chi connectivity index (χ1v) is 65.2. The second-order valence-electron chi connectivity index (χ2n) is 37.6. The molecular formula is C115H127BBr2Cl6F5N6O6S5Sn. The van der Waals surface area contributed by atoms with Crippen LogP contribution in [0.5, 0.6) is 0 Å². The van der Waals surface area contributed by atoms with Gasteiger partial charge < -0.3 is 19.6 Å². The van der Waals surface area contributed by atoms with E-state index in [-0.39, 0.29) is 46.1 Å². The zero-order valence-corrected chi connectivity index (χ0v) is 101. The van der Waals surface area contributed by atoms with Gasteiger partial charge in [-0.25, -0.2) is 51.9 Å². The van der Waals surface area contributed by atoms with Crippen molar-refractivity contribution in [3.63, 3.8) is 0 Å². The molecule has 0 fully saturated rings. The second-order valence-corrected chi connectivity index (χ2v) is 58.8. The van der Waals surface area contributed by atoms with Gasteiger partial charge in [0.1, 0.15) is 78.1 Å². The first-order chi connectivity index (χ1) is 69.7. The number of benzene rings is 5. The number of thiophene rings is 5.